The topological polar surface area (TPSA) is 34.1 Å². The second-order valence-electron chi connectivity index (χ2n) is 12.8. The van der Waals surface area contributed by atoms with Crippen molar-refractivity contribution in [3.05, 3.63) is 106 Å². The summed E-state index contributed by atoms with van der Waals surface area (Å²) in [5.74, 6) is 0. The molecule has 2 heteroatoms. The van der Waals surface area contributed by atoms with Crippen molar-refractivity contribution in [3.8, 4) is 0 Å². The molecular formula is C39H54O2. The quantitative estimate of drug-likeness (QED) is 0.165. The van der Waals surface area contributed by atoms with Gasteiger partial charge in [-0.05, 0) is 47.6 Å². The van der Waals surface area contributed by atoms with Gasteiger partial charge < -0.3 is 0 Å². The zero-order valence-corrected chi connectivity index (χ0v) is 26.7. The molecule has 0 amide bonds. The van der Waals surface area contributed by atoms with Gasteiger partial charge in [0.25, 0.3) is 0 Å². The lowest BCUT2D eigenvalue weighted by atomic mass is 9.74. The van der Waals surface area contributed by atoms with Crippen molar-refractivity contribution in [3.63, 3.8) is 0 Å². The summed E-state index contributed by atoms with van der Waals surface area (Å²) in [6, 6.07) is 27.8. The lowest BCUT2D eigenvalue weighted by Crippen LogP contribution is -2.21. The molecule has 3 rings (SSSR count). The molecule has 0 aromatic heterocycles. The highest BCUT2D eigenvalue weighted by molar-refractivity contribution is 5.44. The van der Waals surface area contributed by atoms with E-state index in [2.05, 4.69) is 114 Å². The van der Waals surface area contributed by atoms with Crippen LogP contribution >= 0.6 is 0 Å². The SMILES string of the molecule is CCCCCCCCCCCCCc1ccc(C(C)(C)c2ccc(C(C)(C)c3ccc(C)cc3)cc2)cc1.O=C=O. The lowest BCUT2D eigenvalue weighted by Gasteiger charge is -2.29. The Bertz CT molecular complexity index is 1150. The van der Waals surface area contributed by atoms with Crippen LogP contribution in [-0.4, -0.2) is 6.15 Å². The highest BCUT2D eigenvalue weighted by Crippen LogP contribution is 2.36. The minimum absolute atomic E-state index is 0.00767. The zero-order valence-electron chi connectivity index (χ0n) is 26.7. The van der Waals surface area contributed by atoms with Gasteiger partial charge in [0, 0.05) is 10.8 Å². The molecule has 0 spiro atoms. The van der Waals surface area contributed by atoms with Crippen LogP contribution in [0.2, 0.25) is 0 Å². The molecule has 0 saturated carbocycles. The summed E-state index contributed by atoms with van der Waals surface area (Å²) in [4.78, 5) is 16.2. The fourth-order valence-electron chi connectivity index (χ4n) is 5.69. The Labute approximate surface area is 251 Å². The van der Waals surface area contributed by atoms with E-state index in [0.717, 1.165) is 0 Å². The first-order valence-electron chi connectivity index (χ1n) is 15.9. The van der Waals surface area contributed by atoms with Gasteiger partial charge in [0.05, 0.1) is 0 Å². The van der Waals surface area contributed by atoms with Crippen molar-refractivity contribution >= 4 is 6.15 Å². The highest BCUT2D eigenvalue weighted by Gasteiger charge is 2.26. The third-order valence-corrected chi connectivity index (χ3v) is 8.85. The van der Waals surface area contributed by atoms with Gasteiger partial charge in [-0.1, -0.05) is 177 Å². The molecule has 0 bridgehead atoms. The monoisotopic (exact) mass is 554 g/mol. The second kappa shape index (κ2) is 17.8. The van der Waals surface area contributed by atoms with Gasteiger partial charge in [-0.2, -0.15) is 9.59 Å². The van der Waals surface area contributed by atoms with E-state index in [1.54, 1.807) is 0 Å². The molecule has 0 fully saturated rings. The van der Waals surface area contributed by atoms with Gasteiger partial charge in [-0.15, -0.1) is 0 Å². The number of benzene rings is 3. The van der Waals surface area contributed by atoms with E-state index in [-0.39, 0.29) is 17.0 Å². The van der Waals surface area contributed by atoms with E-state index in [4.69, 9.17) is 9.59 Å². The molecule has 0 heterocycles. The van der Waals surface area contributed by atoms with Crippen LogP contribution in [0.4, 0.5) is 0 Å². The van der Waals surface area contributed by atoms with Crippen molar-refractivity contribution in [2.24, 2.45) is 0 Å². The predicted octanol–water partition coefficient (Wildman–Crippen LogP) is 10.9. The maximum absolute atomic E-state index is 8.12. The molecular weight excluding hydrogens is 500 g/mol. The van der Waals surface area contributed by atoms with Gasteiger partial charge >= 0.3 is 6.15 Å². The van der Waals surface area contributed by atoms with Crippen LogP contribution in [0.5, 0.6) is 0 Å². The molecule has 0 N–H and O–H groups in total. The molecule has 0 radical (unpaired) electrons. The Kier molecular flexibility index (Phi) is 14.8. The Balaban J connectivity index is 0.00000187. The van der Waals surface area contributed by atoms with Gasteiger partial charge in [0.15, 0.2) is 0 Å². The normalized spacial score (nSPS) is 11.5. The van der Waals surface area contributed by atoms with Crippen LogP contribution in [0, 0.1) is 6.92 Å². The number of unbranched alkanes of at least 4 members (excludes halogenated alkanes) is 10. The molecule has 0 aliphatic carbocycles. The van der Waals surface area contributed by atoms with Crippen molar-refractivity contribution in [2.45, 2.75) is 129 Å². The van der Waals surface area contributed by atoms with Gasteiger partial charge in [-0.3, -0.25) is 0 Å². The minimum Gasteiger partial charge on any atom is -0.186 e. The molecule has 0 atom stereocenters. The fourth-order valence-corrected chi connectivity index (χ4v) is 5.69. The van der Waals surface area contributed by atoms with Crippen molar-refractivity contribution in [1.29, 1.82) is 0 Å². The number of carbonyl (C=O) groups excluding carboxylic acids is 2. The maximum Gasteiger partial charge on any atom is 0.373 e. The van der Waals surface area contributed by atoms with Crippen molar-refractivity contribution < 1.29 is 9.59 Å². The molecule has 2 nitrogen and oxygen atoms in total. The second-order valence-corrected chi connectivity index (χ2v) is 12.8. The minimum atomic E-state index is -0.0123. The van der Waals surface area contributed by atoms with E-state index < -0.39 is 0 Å². The van der Waals surface area contributed by atoms with Crippen LogP contribution < -0.4 is 0 Å². The Morgan fingerprint density at radius 2 is 0.780 bits per heavy atom. The van der Waals surface area contributed by atoms with Crippen molar-refractivity contribution in [1.82, 2.24) is 0 Å². The van der Waals surface area contributed by atoms with E-state index in [0.29, 0.717) is 0 Å². The molecule has 41 heavy (non-hydrogen) atoms. The summed E-state index contributed by atoms with van der Waals surface area (Å²) < 4.78 is 0. The maximum atomic E-state index is 8.12. The fraction of sp³-hybridized carbons (Fsp3) is 0.513. The van der Waals surface area contributed by atoms with E-state index in [1.807, 2.05) is 0 Å². The molecule has 0 aliphatic heterocycles. The van der Waals surface area contributed by atoms with Crippen LogP contribution in [-0.2, 0) is 26.8 Å². The number of hydrogen-bond acceptors (Lipinski definition) is 2. The predicted molar refractivity (Wildman–Crippen MR) is 173 cm³/mol. The lowest BCUT2D eigenvalue weighted by molar-refractivity contribution is -0.191. The Morgan fingerprint density at radius 3 is 1.15 bits per heavy atom. The average molecular weight is 555 g/mol. The summed E-state index contributed by atoms with van der Waals surface area (Å²) in [6.07, 6.45) is 16.9. The summed E-state index contributed by atoms with van der Waals surface area (Å²) in [7, 11) is 0. The third kappa shape index (κ3) is 11.1. The summed E-state index contributed by atoms with van der Waals surface area (Å²) in [5.41, 5.74) is 8.27. The first-order chi connectivity index (χ1) is 19.7. The largest absolute Gasteiger partial charge is 0.373 e. The number of hydrogen-bond donors (Lipinski definition) is 0. The van der Waals surface area contributed by atoms with E-state index in [9.17, 15) is 0 Å². The molecule has 222 valence electrons. The van der Waals surface area contributed by atoms with Crippen molar-refractivity contribution in [2.75, 3.05) is 0 Å². The van der Waals surface area contributed by atoms with Crippen LogP contribution in [0.15, 0.2) is 72.8 Å². The number of rotatable bonds is 16. The summed E-state index contributed by atoms with van der Waals surface area (Å²) in [6.45, 7) is 13.8. The van der Waals surface area contributed by atoms with Gasteiger partial charge in [-0.25, -0.2) is 0 Å². The van der Waals surface area contributed by atoms with Crippen LogP contribution in [0.3, 0.4) is 0 Å². The highest BCUT2D eigenvalue weighted by atomic mass is 16.2. The first-order valence-corrected chi connectivity index (χ1v) is 15.9. The molecule has 0 aliphatic rings. The summed E-state index contributed by atoms with van der Waals surface area (Å²) in [5, 5.41) is 0. The summed E-state index contributed by atoms with van der Waals surface area (Å²) >= 11 is 0. The Morgan fingerprint density at radius 1 is 0.488 bits per heavy atom. The smallest absolute Gasteiger partial charge is 0.186 e. The molecule has 0 unspecified atom stereocenters. The van der Waals surface area contributed by atoms with Crippen LogP contribution in [0.25, 0.3) is 0 Å². The van der Waals surface area contributed by atoms with E-state index >= 15 is 0 Å². The first kappa shape index (κ1) is 34.2. The van der Waals surface area contributed by atoms with E-state index in [1.165, 1.54) is 110 Å². The van der Waals surface area contributed by atoms with Crippen LogP contribution in [0.1, 0.15) is 139 Å². The molecule has 3 aromatic carbocycles. The number of aryl methyl sites for hydroxylation is 2. The average Bonchev–Trinajstić information content (AvgIpc) is 2.97. The van der Waals surface area contributed by atoms with Gasteiger partial charge in [0.2, 0.25) is 0 Å². The zero-order chi connectivity index (χ0) is 30.1. The molecule has 0 saturated heterocycles. The van der Waals surface area contributed by atoms with Gasteiger partial charge in [0.1, 0.15) is 0 Å². The third-order valence-electron chi connectivity index (χ3n) is 8.85. The Hall–Kier alpha value is -2.96. The standard InChI is InChI=1S/C38H54.CO2/c1-7-8-9-10-11-12-13-14-15-16-17-18-32-21-25-34(26-22-32)38(5,6)36-29-27-35(28-30-36)37(3,4)33-23-19-31(2)20-24-33;2-1-3/h19-30H,7-18H2,1-6H3;. The molecule has 3 aromatic rings.